The maximum Gasteiger partial charge on any atom is 0.228 e. The van der Waals surface area contributed by atoms with Crippen LogP contribution in [-0.2, 0) is 6.54 Å². The molecule has 2 aromatic rings. The van der Waals surface area contributed by atoms with Crippen molar-refractivity contribution in [3.8, 4) is 6.07 Å². The first-order valence-corrected chi connectivity index (χ1v) is 8.42. The minimum absolute atomic E-state index is 0.159. The van der Waals surface area contributed by atoms with Crippen molar-refractivity contribution >= 4 is 17.7 Å². The number of nitriles is 1. The molecule has 1 fully saturated rings. The number of hydrogen-bond acceptors (Lipinski definition) is 6. The van der Waals surface area contributed by atoms with Gasteiger partial charge in [0.1, 0.15) is 5.76 Å². The summed E-state index contributed by atoms with van der Waals surface area (Å²) in [6.45, 7) is 4.48. The van der Waals surface area contributed by atoms with Gasteiger partial charge in [-0.25, -0.2) is 0 Å². The van der Waals surface area contributed by atoms with E-state index in [4.69, 9.17) is 9.68 Å². The SMILES string of the molecule is C[C@H](C#N)Sc1nnc(N2CCCCC2)n1Cc1ccco1. The van der Waals surface area contributed by atoms with E-state index >= 15 is 0 Å². The first-order chi connectivity index (χ1) is 10.8. The number of furan rings is 1. The Hall–Kier alpha value is -1.94. The minimum atomic E-state index is -0.159. The van der Waals surface area contributed by atoms with Crippen LogP contribution in [0.4, 0.5) is 5.95 Å². The minimum Gasteiger partial charge on any atom is -0.467 e. The summed E-state index contributed by atoms with van der Waals surface area (Å²) in [5.74, 6) is 1.74. The van der Waals surface area contributed by atoms with E-state index < -0.39 is 0 Å². The molecule has 2 aromatic heterocycles. The number of nitrogens with zero attached hydrogens (tertiary/aromatic N) is 5. The standard InChI is InChI=1S/C15H19N5OS/c1-12(10-16)22-15-18-17-14(19-7-3-2-4-8-19)20(15)11-13-6-5-9-21-13/h5-6,9,12H,2-4,7-8,11H2,1H3/t12-/m1/s1. The van der Waals surface area contributed by atoms with E-state index in [1.54, 1.807) is 6.26 Å². The highest BCUT2D eigenvalue weighted by Crippen LogP contribution is 2.27. The molecule has 0 aliphatic carbocycles. The molecule has 0 aromatic carbocycles. The molecule has 7 heteroatoms. The second-order valence-corrected chi connectivity index (χ2v) is 6.69. The summed E-state index contributed by atoms with van der Waals surface area (Å²) in [7, 11) is 0. The number of aromatic nitrogens is 3. The van der Waals surface area contributed by atoms with Crippen LogP contribution in [0.5, 0.6) is 0 Å². The molecule has 0 N–H and O–H groups in total. The summed E-state index contributed by atoms with van der Waals surface area (Å²) >= 11 is 1.44. The molecule has 1 atom stereocenters. The maximum absolute atomic E-state index is 9.04. The number of hydrogen-bond donors (Lipinski definition) is 0. The molecule has 1 saturated heterocycles. The zero-order valence-corrected chi connectivity index (χ0v) is 13.4. The van der Waals surface area contributed by atoms with Gasteiger partial charge >= 0.3 is 0 Å². The van der Waals surface area contributed by atoms with Crippen molar-refractivity contribution in [2.45, 2.75) is 43.1 Å². The lowest BCUT2D eigenvalue weighted by Gasteiger charge is -2.27. The van der Waals surface area contributed by atoms with Crippen molar-refractivity contribution in [3.63, 3.8) is 0 Å². The largest absolute Gasteiger partial charge is 0.467 e. The predicted molar refractivity (Wildman–Crippen MR) is 84.8 cm³/mol. The van der Waals surface area contributed by atoms with Gasteiger partial charge < -0.3 is 9.32 Å². The zero-order chi connectivity index (χ0) is 15.4. The van der Waals surface area contributed by atoms with Crippen molar-refractivity contribution in [1.29, 1.82) is 5.26 Å². The molecule has 0 radical (unpaired) electrons. The second kappa shape index (κ2) is 6.88. The van der Waals surface area contributed by atoms with Gasteiger partial charge in [-0.1, -0.05) is 11.8 Å². The highest BCUT2D eigenvalue weighted by atomic mass is 32.2. The summed E-state index contributed by atoms with van der Waals surface area (Å²) in [5, 5.41) is 18.3. The highest BCUT2D eigenvalue weighted by molar-refractivity contribution is 8.00. The summed E-state index contributed by atoms with van der Waals surface area (Å²) in [6.07, 6.45) is 5.32. The van der Waals surface area contributed by atoms with E-state index in [1.165, 1.54) is 31.0 Å². The van der Waals surface area contributed by atoms with Gasteiger partial charge in [0.15, 0.2) is 5.16 Å². The molecular weight excluding hydrogens is 298 g/mol. The third-order valence-corrected chi connectivity index (χ3v) is 4.67. The maximum atomic E-state index is 9.04. The van der Waals surface area contributed by atoms with Gasteiger partial charge in [0.05, 0.1) is 24.1 Å². The lowest BCUT2D eigenvalue weighted by Crippen LogP contribution is -2.32. The quantitative estimate of drug-likeness (QED) is 0.790. The zero-order valence-electron chi connectivity index (χ0n) is 12.6. The topological polar surface area (TPSA) is 70.9 Å². The van der Waals surface area contributed by atoms with Crippen molar-refractivity contribution in [2.24, 2.45) is 0 Å². The van der Waals surface area contributed by atoms with Crippen LogP contribution in [0.2, 0.25) is 0 Å². The highest BCUT2D eigenvalue weighted by Gasteiger charge is 2.22. The van der Waals surface area contributed by atoms with Crippen molar-refractivity contribution in [1.82, 2.24) is 14.8 Å². The lowest BCUT2D eigenvalue weighted by atomic mass is 10.1. The van der Waals surface area contributed by atoms with Crippen LogP contribution < -0.4 is 4.90 Å². The molecule has 22 heavy (non-hydrogen) atoms. The van der Waals surface area contributed by atoms with Crippen LogP contribution in [0.15, 0.2) is 28.0 Å². The van der Waals surface area contributed by atoms with Gasteiger partial charge in [-0.05, 0) is 38.3 Å². The molecule has 3 rings (SSSR count). The average molecular weight is 317 g/mol. The molecule has 1 aliphatic heterocycles. The molecule has 0 amide bonds. The molecule has 1 aliphatic rings. The monoisotopic (exact) mass is 317 g/mol. The van der Waals surface area contributed by atoms with Crippen molar-refractivity contribution < 1.29 is 4.42 Å². The van der Waals surface area contributed by atoms with E-state index in [9.17, 15) is 0 Å². The first kappa shape index (κ1) is 15.0. The average Bonchev–Trinajstić information content (AvgIpc) is 3.19. The van der Waals surface area contributed by atoms with E-state index in [2.05, 4.69) is 25.7 Å². The third kappa shape index (κ3) is 3.28. The number of thioether (sulfide) groups is 1. The lowest BCUT2D eigenvalue weighted by molar-refractivity contribution is 0.479. The number of rotatable bonds is 5. The normalized spacial score (nSPS) is 16.5. The van der Waals surface area contributed by atoms with Gasteiger partial charge in [-0.2, -0.15) is 5.26 Å². The Labute approximate surface area is 134 Å². The summed E-state index contributed by atoms with van der Waals surface area (Å²) in [6, 6.07) is 6.06. The smallest absolute Gasteiger partial charge is 0.228 e. The summed E-state index contributed by atoms with van der Waals surface area (Å²) < 4.78 is 7.52. The van der Waals surface area contributed by atoms with Gasteiger partial charge in [0.25, 0.3) is 0 Å². The van der Waals surface area contributed by atoms with Crippen LogP contribution >= 0.6 is 11.8 Å². The Bertz CT molecular complexity index is 639. The van der Waals surface area contributed by atoms with E-state index in [0.29, 0.717) is 6.54 Å². The molecule has 0 bridgehead atoms. The fourth-order valence-electron chi connectivity index (χ4n) is 2.58. The Kier molecular flexibility index (Phi) is 4.68. The molecule has 0 spiro atoms. The third-order valence-electron chi connectivity index (χ3n) is 3.69. The van der Waals surface area contributed by atoms with Crippen LogP contribution in [-0.4, -0.2) is 33.1 Å². The Morgan fingerprint density at radius 3 is 2.86 bits per heavy atom. The number of piperidine rings is 1. The van der Waals surface area contributed by atoms with Gasteiger partial charge in [-0.15, -0.1) is 10.2 Å². The van der Waals surface area contributed by atoms with E-state index in [0.717, 1.165) is 30.0 Å². The summed E-state index contributed by atoms with van der Waals surface area (Å²) in [4.78, 5) is 2.28. The van der Waals surface area contributed by atoms with Gasteiger partial charge in [-0.3, -0.25) is 4.57 Å². The second-order valence-electron chi connectivity index (χ2n) is 5.38. The predicted octanol–water partition coefficient (Wildman–Crippen LogP) is 2.91. The molecular formula is C15H19N5OS. The molecule has 0 saturated carbocycles. The Morgan fingerprint density at radius 2 is 2.18 bits per heavy atom. The number of anilines is 1. The Morgan fingerprint density at radius 1 is 1.36 bits per heavy atom. The van der Waals surface area contributed by atoms with Crippen molar-refractivity contribution in [3.05, 3.63) is 24.2 Å². The first-order valence-electron chi connectivity index (χ1n) is 7.54. The fourth-order valence-corrected chi connectivity index (χ4v) is 3.31. The van der Waals surface area contributed by atoms with Crippen molar-refractivity contribution in [2.75, 3.05) is 18.0 Å². The van der Waals surface area contributed by atoms with Crippen LogP contribution in [0.3, 0.4) is 0 Å². The molecule has 3 heterocycles. The van der Waals surface area contributed by atoms with Gasteiger partial charge in [0, 0.05) is 13.1 Å². The van der Waals surface area contributed by atoms with Crippen LogP contribution in [0.1, 0.15) is 31.9 Å². The molecule has 6 nitrogen and oxygen atoms in total. The fraction of sp³-hybridized carbons (Fsp3) is 0.533. The van der Waals surface area contributed by atoms with Gasteiger partial charge in [0.2, 0.25) is 5.95 Å². The summed E-state index contributed by atoms with van der Waals surface area (Å²) in [5.41, 5.74) is 0. The van der Waals surface area contributed by atoms with Crippen LogP contribution in [0.25, 0.3) is 0 Å². The van der Waals surface area contributed by atoms with Crippen LogP contribution in [0, 0.1) is 11.3 Å². The Balaban J connectivity index is 1.89. The molecule has 116 valence electrons. The van der Waals surface area contributed by atoms with E-state index in [-0.39, 0.29) is 5.25 Å². The van der Waals surface area contributed by atoms with E-state index in [1.807, 2.05) is 19.1 Å². The molecule has 0 unspecified atom stereocenters.